The van der Waals surface area contributed by atoms with Gasteiger partial charge in [0.05, 0.1) is 0 Å². The van der Waals surface area contributed by atoms with Crippen LogP contribution in [0.2, 0.25) is 0 Å². The molecule has 130 valence electrons. The van der Waals surface area contributed by atoms with Crippen molar-refractivity contribution in [2.45, 2.75) is 32.9 Å². The van der Waals surface area contributed by atoms with Crippen LogP contribution >= 0.6 is 12.4 Å². The van der Waals surface area contributed by atoms with Crippen molar-refractivity contribution in [2.75, 3.05) is 5.32 Å². The topological polar surface area (TPSA) is 64.3 Å². The van der Waals surface area contributed by atoms with Crippen LogP contribution in [0, 0.1) is 12.7 Å². The Balaban J connectivity index is 0.00000288. The molecule has 0 fully saturated rings. The molecule has 4 nitrogen and oxygen atoms in total. The Hall–Kier alpha value is -2.11. The first-order chi connectivity index (χ1) is 10.9. The third kappa shape index (κ3) is 6.18. The largest absolute Gasteiger partial charge is 0.489 e. The molecule has 2 rings (SSSR count). The van der Waals surface area contributed by atoms with Gasteiger partial charge in [-0.15, -0.1) is 12.4 Å². The van der Waals surface area contributed by atoms with Crippen LogP contribution in [-0.2, 0) is 11.4 Å². The number of benzene rings is 2. The van der Waals surface area contributed by atoms with E-state index in [1.165, 1.54) is 12.1 Å². The normalized spacial score (nSPS) is 11.3. The maximum Gasteiger partial charge on any atom is 0.225 e. The van der Waals surface area contributed by atoms with Crippen LogP contribution in [0.15, 0.2) is 42.5 Å². The summed E-state index contributed by atoms with van der Waals surface area (Å²) < 4.78 is 18.8. The third-order valence-corrected chi connectivity index (χ3v) is 3.27. The van der Waals surface area contributed by atoms with Gasteiger partial charge in [-0.25, -0.2) is 4.39 Å². The molecule has 0 bridgehead atoms. The number of amides is 1. The summed E-state index contributed by atoms with van der Waals surface area (Å²) in [5, 5.41) is 2.83. The Bertz CT molecular complexity index is 692. The third-order valence-electron chi connectivity index (χ3n) is 3.27. The van der Waals surface area contributed by atoms with E-state index in [2.05, 4.69) is 5.32 Å². The zero-order valence-corrected chi connectivity index (χ0v) is 14.5. The lowest BCUT2D eigenvalue weighted by molar-refractivity contribution is -0.116. The molecule has 2 aromatic rings. The Kier molecular flexibility index (Phi) is 7.68. The van der Waals surface area contributed by atoms with Gasteiger partial charge in [0.2, 0.25) is 5.91 Å². The molecule has 0 spiro atoms. The SMILES string of the molecule is Cc1cc(OCc2cccc(F)c2)ccc1NC(=O)CC(C)N.Cl. The van der Waals surface area contributed by atoms with Crippen LogP contribution in [0.1, 0.15) is 24.5 Å². The average Bonchev–Trinajstić information content (AvgIpc) is 2.47. The van der Waals surface area contributed by atoms with E-state index in [1.807, 2.05) is 13.0 Å². The molecule has 0 aliphatic rings. The van der Waals surface area contributed by atoms with Gasteiger partial charge in [0, 0.05) is 18.2 Å². The first-order valence-corrected chi connectivity index (χ1v) is 7.47. The number of halogens is 2. The first kappa shape index (κ1) is 19.9. The van der Waals surface area contributed by atoms with E-state index in [-0.39, 0.29) is 43.2 Å². The van der Waals surface area contributed by atoms with Crippen LogP contribution in [0.25, 0.3) is 0 Å². The highest BCUT2D eigenvalue weighted by Gasteiger charge is 2.08. The molecule has 6 heteroatoms. The molecule has 1 atom stereocenters. The molecule has 0 aromatic heterocycles. The second-order valence-corrected chi connectivity index (χ2v) is 5.62. The van der Waals surface area contributed by atoms with E-state index in [4.69, 9.17) is 10.5 Å². The molecule has 0 saturated heterocycles. The molecule has 1 unspecified atom stereocenters. The second-order valence-electron chi connectivity index (χ2n) is 5.62. The van der Waals surface area contributed by atoms with Gasteiger partial charge >= 0.3 is 0 Å². The summed E-state index contributed by atoms with van der Waals surface area (Å²) in [6.45, 7) is 3.96. The number of rotatable bonds is 6. The van der Waals surface area contributed by atoms with Crippen molar-refractivity contribution in [3.63, 3.8) is 0 Å². The summed E-state index contributed by atoms with van der Waals surface area (Å²) in [6, 6.07) is 11.5. The highest BCUT2D eigenvalue weighted by atomic mass is 35.5. The van der Waals surface area contributed by atoms with Gasteiger partial charge in [-0.05, 0) is 55.3 Å². The number of nitrogens with two attached hydrogens (primary N) is 1. The maximum atomic E-state index is 13.1. The summed E-state index contributed by atoms with van der Waals surface area (Å²) in [5.74, 6) is 0.267. The molecule has 0 radical (unpaired) electrons. The molecular weight excluding hydrogens is 331 g/mol. The monoisotopic (exact) mass is 352 g/mol. The van der Waals surface area contributed by atoms with Gasteiger partial charge in [0.25, 0.3) is 0 Å². The molecule has 24 heavy (non-hydrogen) atoms. The van der Waals surface area contributed by atoms with Crippen LogP contribution in [0.3, 0.4) is 0 Å². The molecule has 1 amide bonds. The lowest BCUT2D eigenvalue weighted by Gasteiger charge is -2.12. The van der Waals surface area contributed by atoms with Crippen molar-refractivity contribution >= 4 is 24.0 Å². The molecule has 0 aliphatic carbocycles. The van der Waals surface area contributed by atoms with E-state index < -0.39 is 0 Å². The minimum Gasteiger partial charge on any atom is -0.489 e. The van der Waals surface area contributed by atoms with Gasteiger partial charge in [0.1, 0.15) is 18.2 Å². The van der Waals surface area contributed by atoms with Crippen LogP contribution in [0.5, 0.6) is 5.75 Å². The number of anilines is 1. The van der Waals surface area contributed by atoms with Crippen molar-refractivity contribution < 1.29 is 13.9 Å². The summed E-state index contributed by atoms with van der Waals surface area (Å²) in [4.78, 5) is 11.7. The van der Waals surface area contributed by atoms with Crippen LogP contribution in [-0.4, -0.2) is 11.9 Å². The zero-order chi connectivity index (χ0) is 16.8. The van der Waals surface area contributed by atoms with Gasteiger partial charge in [0.15, 0.2) is 0 Å². The lowest BCUT2D eigenvalue weighted by atomic mass is 10.1. The van der Waals surface area contributed by atoms with E-state index in [9.17, 15) is 9.18 Å². The minimum atomic E-state index is -0.283. The average molecular weight is 353 g/mol. The van der Waals surface area contributed by atoms with E-state index >= 15 is 0 Å². The molecule has 3 N–H and O–H groups in total. The number of aryl methyl sites for hydroxylation is 1. The van der Waals surface area contributed by atoms with E-state index in [0.717, 1.165) is 16.8 Å². The van der Waals surface area contributed by atoms with E-state index in [0.29, 0.717) is 5.75 Å². The number of carbonyl (C=O) groups is 1. The van der Waals surface area contributed by atoms with Gasteiger partial charge < -0.3 is 15.8 Å². The fourth-order valence-corrected chi connectivity index (χ4v) is 2.15. The molecule has 0 saturated carbocycles. The Morgan fingerprint density at radius 1 is 1.29 bits per heavy atom. The number of hydrogen-bond donors (Lipinski definition) is 2. The van der Waals surface area contributed by atoms with Crippen molar-refractivity contribution in [3.8, 4) is 5.75 Å². The van der Waals surface area contributed by atoms with Gasteiger partial charge in [-0.1, -0.05) is 12.1 Å². The fraction of sp³-hybridized carbons (Fsp3) is 0.278. The number of carbonyl (C=O) groups excluding carboxylic acids is 1. The fourth-order valence-electron chi connectivity index (χ4n) is 2.15. The van der Waals surface area contributed by atoms with Crippen LogP contribution < -0.4 is 15.8 Å². The Morgan fingerprint density at radius 2 is 2.04 bits per heavy atom. The van der Waals surface area contributed by atoms with Crippen molar-refractivity contribution in [1.82, 2.24) is 0 Å². The van der Waals surface area contributed by atoms with E-state index in [1.54, 1.807) is 31.2 Å². The highest BCUT2D eigenvalue weighted by Crippen LogP contribution is 2.22. The molecular formula is C18H22ClFN2O2. The van der Waals surface area contributed by atoms with Crippen molar-refractivity contribution in [3.05, 3.63) is 59.4 Å². The van der Waals surface area contributed by atoms with Crippen molar-refractivity contribution in [1.29, 1.82) is 0 Å². The number of nitrogens with one attached hydrogen (secondary N) is 1. The maximum absolute atomic E-state index is 13.1. The zero-order valence-electron chi connectivity index (χ0n) is 13.7. The lowest BCUT2D eigenvalue weighted by Crippen LogP contribution is -2.24. The van der Waals surface area contributed by atoms with Crippen LogP contribution in [0.4, 0.5) is 10.1 Å². The Labute approximate surface area is 147 Å². The summed E-state index contributed by atoms with van der Waals surface area (Å²) in [6.07, 6.45) is 0.275. The predicted molar refractivity (Wildman–Crippen MR) is 96.1 cm³/mol. The quantitative estimate of drug-likeness (QED) is 0.830. The van der Waals surface area contributed by atoms with Crippen molar-refractivity contribution in [2.24, 2.45) is 5.73 Å². The number of hydrogen-bond acceptors (Lipinski definition) is 3. The van der Waals surface area contributed by atoms with Gasteiger partial charge in [-0.3, -0.25) is 4.79 Å². The Morgan fingerprint density at radius 3 is 2.67 bits per heavy atom. The second kappa shape index (κ2) is 9.25. The predicted octanol–water partition coefficient (Wildman–Crippen LogP) is 3.81. The standard InChI is InChI=1S/C18H21FN2O2.ClH/c1-12-8-16(23-11-14-4-3-5-15(19)10-14)6-7-17(12)21-18(22)9-13(2)20;/h3-8,10,13H,9,11,20H2,1-2H3,(H,21,22);1H. The number of ether oxygens (including phenoxy) is 1. The van der Waals surface area contributed by atoms with Gasteiger partial charge in [-0.2, -0.15) is 0 Å². The minimum absolute atomic E-state index is 0. The summed E-state index contributed by atoms with van der Waals surface area (Å²) >= 11 is 0. The highest BCUT2D eigenvalue weighted by molar-refractivity contribution is 5.91. The smallest absolute Gasteiger partial charge is 0.225 e. The first-order valence-electron chi connectivity index (χ1n) is 7.47. The summed E-state index contributed by atoms with van der Waals surface area (Å²) in [7, 11) is 0. The molecule has 2 aromatic carbocycles. The molecule has 0 heterocycles. The summed E-state index contributed by atoms with van der Waals surface area (Å²) in [5.41, 5.74) is 7.99. The molecule has 0 aliphatic heterocycles.